The summed E-state index contributed by atoms with van der Waals surface area (Å²) in [6, 6.07) is 4.99. The quantitative estimate of drug-likeness (QED) is 0.822. The Hall–Kier alpha value is -1.95. The van der Waals surface area contributed by atoms with Crippen LogP contribution in [-0.4, -0.2) is 34.1 Å². The van der Waals surface area contributed by atoms with Crippen molar-refractivity contribution >= 4 is 0 Å². The number of hydrogen-bond acceptors (Lipinski definition) is 4. The number of rotatable bonds is 5. The van der Waals surface area contributed by atoms with Gasteiger partial charge in [-0.3, -0.25) is 9.58 Å². The Bertz CT molecular complexity index is 555. The fourth-order valence-electron chi connectivity index (χ4n) is 1.92. The van der Waals surface area contributed by atoms with E-state index in [0.29, 0.717) is 13.1 Å². The minimum atomic E-state index is -0.340. The van der Waals surface area contributed by atoms with E-state index in [0.717, 1.165) is 11.3 Å². The van der Waals surface area contributed by atoms with Gasteiger partial charge in [-0.15, -0.1) is 5.10 Å². The monoisotopic (exact) mass is 264 g/mol. The van der Waals surface area contributed by atoms with E-state index in [4.69, 9.17) is 4.74 Å². The number of halogens is 1. The van der Waals surface area contributed by atoms with Gasteiger partial charge in [0, 0.05) is 26.3 Å². The fourth-order valence-corrected chi connectivity index (χ4v) is 1.92. The Morgan fingerprint density at radius 2 is 2.16 bits per heavy atom. The van der Waals surface area contributed by atoms with Crippen LogP contribution in [0.4, 0.5) is 4.39 Å². The van der Waals surface area contributed by atoms with Crippen LogP contribution in [0.25, 0.3) is 0 Å². The number of methoxy groups -OCH3 is 1. The molecule has 2 rings (SSSR count). The lowest BCUT2D eigenvalue weighted by Gasteiger charge is -2.15. The molecule has 1 aromatic heterocycles. The molecule has 0 amide bonds. The summed E-state index contributed by atoms with van der Waals surface area (Å²) in [5, 5.41) is 7.90. The average molecular weight is 264 g/mol. The van der Waals surface area contributed by atoms with Gasteiger partial charge in [-0.1, -0.05) is 11.3 Å². The highest BCUT2D eigenvalue weighted by Gasteiger charge is 2.07. The molecule has 0 aliphatic rings. The van der Waals surface area contributed by atoms with Crippen LogP contribution in [0.2, 0.25) is 0 Å². The molecule has 0 saturated heterocycles. The lowest BCUT2D eigenvalue weighted by Crippen LogP contribution is -2.17. The summed E-state index contributed by atoms with van der Waals surface area (Å²) >= 11 is 0. The molecule has 0 N–H and O–H groups in total. The van der Waals surface area contributed by atoms with Gasteiger partial charge in [0.15, 0.2) is 11.6 Å². The van der Waals surface area contributed by atoms with Crippen molar-refractivity contribution in [2.24, 2.45) is 7.05 Å². The van der Waals surface area contributed by atoms with E-state index in [1.54, 1.807) is 10.7 Å². The zero-order valence-corrected chi connectivity index (χ0v) is 11.3. The summed E-state index contributed by atoms with van der Waals surface area (Å²) in [5.41, 5.74) is 1.78. The first-order valence-electron chi connectivity index (χ1n) is 5.94. The number of aromatic nitrogens is 3. The van der Waals surface area contributed by atoms with Crippen molar-refractivity contribution in [3.05, 3.63) is 41.5 Å². The minimum absolute atomic E-state index is 0.264. The molecule has 1 heterocycles. The van der Waals surface area contributed by atoms with Crippen molar-refractivity contribution in [2.75, 3.05) is 14.2 Å². The van der Waals surface area contributed by atoms with E-state index in [9.17, 15) is 4.39 Å². The van der Waals surface area contributed by atoms with Gasteiger partial charge in [0.25, 0.3) is 0 Å². The molecule has 102 valence electrons. The highest BCUT2D eigenvalue weighted by atomic mass is 19.1. The van der Waals surface area contributed by atoms with Crippen LogP contribution in [0.15, 0.2) is 24.4 Å². The third-order valence-electron chi connectivity index (χ3n) is 2.75. The van der Waals surface area contributed by atoms with Crippen LogP contribution in [-0.2, 0) is 20.1 Å². The summed E-state index contributed by atoms with van der Waals surface area (Å²) in [6.07, 6.45) is 1.87. The largest absolute Gasteiger partial charge is 0.494 e. The van der Waals surface area contributed by atoms with E-state index in [1.807, 2.05) is 31.3 Å². The summed E-state index contributed by atoms with van der Waals surface area (Å²) in [4.78, 5) is 2.05. The van der Waals surface area contributed by atoms with Crippen molar-refractivity contribution in [1.29, 1.82) is 0 Å². The van der Waals surface area contributed by atoms with E-state index < -0.39 is 0 Å². The summed E-state index contributed by atoms with van der Waals surface area (Å²) in [7, 11) is 5.24. The first-order valence-corrected chi connectivity index (χ1v) is 5.94. The summed E-state index contributed by atoms with van der Waals surface area (Å²) in [5.74, 6) is -0.0757. The fraction of sp³-hybridized carbons (Fsp3) is 0.385. The van der Waals surface area contributed by atoms with Crippen LogP contribution >= 0.6 is 0 Å². The molecule has 19 heavy (non-hydrogen) atoms. The molecule has 0 aliphatic carbocycles. The number of ether oxygens (including phenoxy) is 1. The SMILES string of the molecule is COc1ccc(CN(C)Cc2cn(C)nn2)cc1F. The first-order chi connectivity index (χ1) is 9.08. The van der Waals surface area contributed by atoms with Crippen LogP contribution in [0.1, 0.15) is 11.3 Å². The van der Waals surface area contributed by atoms with Crippen molar-refractivity contribution in [1.82, 2.24) is 19.9 Å². The van der Waals surface area contributed by atoms with Gasteiger partial charge in [0.1, 0.15) is 0 Å². The minimum Gasteiger partial charge on any atom is -0.494 e. The smallest absolute Gasteiger partial charge is 0.165 e. The van der Waals surface area contributed by atoms with Crippen LogP contribution < -0.4 is 4.74 Å². The van der Waals surface area contributed by atoms with E-state index in [2.05, 4.69) is 10.3 Å². The van der Waals surface area contributed by atoms with E-state index in [1.165, 1.54) is 13.2 Å². The Balaban J connectivity index is 1.98. The van der Waals surface area contributed by atoms with Crippen LogP contribution in [0, 0.1) is 5.82 Å². The number of benzene rings is 1. The molecule has 6 heteroatoms. The maximum Gasteiger partial charge on any atom is 0.165 e. The second-order valence-corrected chi connectivity index (χ2v) is 4.52. The Labute approximate surface area is 111 Å². The highest BCUT2D eigenvalue weighted by molar-refractivity contribution is 5.29. The van der Waals surface area contributed by atoms with Gasteiger partial charge in [-0.2, -0.15) is 0 Å². The van der Waals surface area contributed by atoms with Gasteiger partial charge >= 0.3 is 0 Å². The molecule has 1 aromatic carbocycles. The molecule has 2 aromatic rings. The summed E-state index contributed by atoms with van der Waals surface area (Å²) in [6.45, 7) is 1.30. The molecule has 0 radical (unpaired) electrons. The third-order valence-corrected chi connectivity index (χ3v) is 2.75. The Morgan fingerprint density at radius 1 is 1.37 bits per heavy atom. The predicted octanol–water partition coefficient (Wildman–Crippen LogP) is 1.59. The van der Waals surface area contributed by atoms with Gasteiger partial charge in [-0.25, -0.2) is 4.39 Å². The molecule has 0 aliphatic heterocycles. The predicted molar refractivity (Wildman–Crippen MR) is 69.1 cm³/mol. The molecule has 0 unspecified atom stereocenters. The Morgan fingerprint density at radius 3 is 2.74 bits per heavy atom. The van der Waals surface area contributed by atoms with Crippen molar-refractivity contribution in [3.8, 4) is 5.75 Å². The molecule has 5 nitrogen and oxygen atoms in total. The summed E-state index contributed by atoms with van der Waals surface area (Å²) < 4.78 is 20.1. The third kappa shape index (κ3) is 3.51. The van der Waals surface area contributed by atoms with E-state index >= 15 is 0 Å². The standard InChI is InChI=1S/C13H17FN4O/c1-17(8-11-9-18(2)16-15-11)7-10-4-5-13(19-3)12(14)6-10/h4-6,9H,7-8H2,1-3H3. The average Bonchev–Trinajstić information content (AvgIpc) is 2.74. The molecule has 0 atom stereocenters. The van der Waals surface area contributed by atoms with Gasteiger partial charge in [0.2, 0.25) is 0 Å². The van der Waals surface area contributed by atoms with Crippen molar-refractivity contribution < 1.29 is 9.13 Å². The molecular formula is C13H17FN4O. The second-order valence-electron chi connectivity index (χ2n) is 4.52. The van der Waals surface area contributed by atoms with Gasteiger partial charge in [-0.05, 0) is 24.7 Å². The molecule has 0 spiro atoms. The normalized spacial score (nSPS) is 11.0. The van der Waals surface area contributed by atoms with E-state index in [-0.39, 0.29) is 11.6 Å². The number of nitrogens with zero attached hydrogens (tertiary/aromatic N) is 4. The lowest BCUT2D eigenvalue weighted by atomic mass is 10.2. The molecule has 0 saturated carbocycles. The zero-order valence-electron chi connectivity index (χ0n) is 11.3. The molecule has 0 bridgehead atoms. The first kappa shape index (κ1) is 13.5. The second kappa shape index (κ2) is 5.79. The molecular weight excluding hydrogens is 247 g/mol. The number of hydrogen-bond donors (Lipinski definition) is 0. The Kier molecular flexibility index (Phi) is 4.11. The maximum absolute atomic E-state index is 13.6. The van der Waals surface area contributed by atoms with Gasteiger partial charge < -0.3 is 4.74 Å². The van der Waals surface area contributed by atoms with Gasteiger partial charge in [0.05, 0.1) is 12.8 Å². The molecule has 0 fully saturated rings. The van der Waals surface area contributed by atoms with Crippen LogP contribution in [0.5, 0.6) is 5.75 Å². The highest BCUT2D eigenvalue weighted by Crippen LogP contribution is 2.18. The van der Waals surface area contributed by atoms with Crippen molar-refractivity contribution in [3.63, 3.8) is 0 Å². The van der Waals surface area contributed by atoms with Crippen molar-refractivity contribution in [2.45, 2.75) is 13.1 Å². The topological polar surface area (TPSA) is 43.2 Å². The number of aryl methyl sites for hydroxylation is 1. The van der Waals surface area contributed by atoms with Crippen LogP contribution in [0.3, 0.4) is 0 Å². The lowest BCUT2D eigenvalue weighted by molar-refractivity contribution is 0.313. The maximum atomic E-state index is 13.6. The zero-order chi connectivity index (χ0) is 13.8.